The first-order valence-corrected chi connectivity index (χ1v) is 11.1. The van der Waals surface area contributed by atoms with Crippen LogP contribution >= 0.6 is 0 Å². The van der Waals surface area contributed by atoms with Crippen molar-refractivity contribution in [1.82, 2.24) is 24.2 Å². The maximum absolute atomic E-state index is 11.6. The van der Waals surface area contributed by atoms with Crippen molar-refractivity contribution in [3.63, 3.8) is 0 Å². The van der Waals surface area contributed by atoms with E-state index in [0.29, 0.717) is 12.0 Å². The number of aromatic amines is 1. The summed E-state index contributed by atoms with van der Waals surface area (Å²) >= 11 is 0. The Labute approximate surface area is 158 Å². The number of fused-ring (bicyclic) bond motifs is 3. The van der Waals surface area contributed by atoms with E-state index in [1.54, 1.807) is 13.3 Å². The summed E-state index contributed by atoms with van der Waals surface area (Å²) in [6.45, 7) is 0.975. The zero-order chi connectivity index (χ0) is 19.0. The van der Waals surface area contributed by atoms with Crippen LogP contribution in [0.1, 0.15) is 37.5 Å². The van der Waals surface area contributed by atoms with Gasteiger partial charge in [0, 0.05) is 31.3 Å². The van der Waals surface area contributed by atoms with Crippen molar-refractivity contribution in [1.29, 1.82) is 0 Å². The minimum atomic E-state index is -3.30. The maximum atomic E-state index is 11.6. The van der Waals surface area contributed by atoms with Crippen LogP contribution < -0.4 is 4.72 Å². The number of pyridine rings is 1. The van der Waals surface area contributed by atoms with Gasteiger partial charge in [0.25, 0.3) is 0 Å². The van der Waals surface area contributed by atoms with Gasteiger partial charge in [-0.2, -0.15) is 0 Å². The van der Waals surface area contributed by atoms with E-state index in [0.717, 1.165) is 60.2 Å². The Kier molecular flexibility index (Phi) is 4.92. The molecule has 9 heteroatoms. The molecular weight excluding hydrogens is 366 g/mol. The molecule has 0 spiro atoms. The summed E-state index contributed by atoms with van der Waals surface area (Å²) in [5.41, 5.74) is 2.65. The summed E-state index contributed by atoms with van der Waals surface area (Å²) in [7, 11) is -1.55. The molecule has 0 saturated heterocycles. The number of aromatic nitrogens is 4. The molecule has 0 radical (unpaired) electrons. The van der Waals surface area contributed by atoms with E-state index in [-0.39, 0.29) is 6.54 Å². The highest BCUT2D eigenvalue weighted by molar-refractivity contribution is 7.88. The first-order valence-electron chi connectivity index (χ1n) is 9.22. The van der Waals surface area contributed by atoms with Crippen LogP contribution in [-0.2, 0) is 21.3 Å². The van der Waals surface area contributed by atoms with E-state index < -0.39 is 10.0 Å². The summed E-state index contributed by atoms with van der Waals surface area (Å²) in [6.07, 6.45) is 9.04. The van der Waals surface area contributed by atoms with Gasteiger partial charge in [-0.1, -0.05) is 0 Å². The Bertz CT molecular complexity index is 1050. The summed E-state index contributed by atoms with van der Waals surface area (Å²) in [5.74, 6) is 1.33. The zero-order valence-corrected chi connectivity index (χ0v) is 16.4. The Morgan fingerprint density at radius 3 is 2.81 bits per heavy atom. The Balaban J connectivity index is 1.76. The number of hydrogen-bond donors (Lipinski definition) is 2. The Morgan fingerprint density at radius 2 is 2.11 bits per heavy atom. The molecule has 1 saturated carbocycles. The minimum Gasteiger partial charge on any atom is -0.384 e. The third kappa shape index (κ3) is 3.71. The van der Waals surface area contributed by atoms with Gasteiger partial charge in [0.15, 0.2) is 0 Å². The normalized spacial score (nSPS) is 21.3. The fraction of sp³-hybridized carbons (Fsp3) is 0.556. The number of H-pyrrole nitrogens is 1. The van der Waals surface area contributed by atoms with E-state index in [9.17, 15) is 8.42 Å². The molecule has 0 amide bonds. The quantitative estimate of drug-likeness (QED) is 0.671. The topological polar surface area (TPSA) is 102 Å². The number of hydrogen-bond acceptors (Lipinski definition) is 5. The standard InChI is InChI=1S/C18H25N5O3S/c1-26-11-12-3-5-13(6-4-12)23-16(10-21-27(2,24)25)22-15-9-20-18-14(17(15)23)7-8-19-18/h7-9,12-13,21H,3-6,10-11H2,1-2H3,(H,19,20)/t12-,13-. The van der Waals surface area contributed by atoms with Crippen LogP contribution in [0, 0.1) is 5.92 Å². The van der Waals surface area contributed by atoms with Crippen molar-refractivity contribution in [3.05, 3.63) is 24.3 Å². The molecule has 1 aliphatic rings. The van der Waals surface area contributed by atoms with Crippen molar-refractivity contribution >= 4 is 32.1 Å². The first-order chi connectivity index (χ1) is 13.0. The van der Waals surface area contributed by atoms with E-state index in [2.05, 4.69) is 19.3 Å². The van der Waals surface area contributed by atoms with E-state index in [4.69, 9.17) is 9.72 Å². The smallest absolute Gasteiger partial charge is 0.209 e. The van der Waals surface area contributed by atoms with Crippen LogP contribution in [-0.4, -0.2) is 47.9 Å². The summed E-state index contributed by atoms with van der Waals surface area (Å²) < 4.78 is 33.4. The van der Waals surface area contributed by atoms with Gasteiger partial charge in [-0.25, -0.2) is 23.1 Å². The zero-order valence-electron chi connectivity index (χ0n) is 15.6. The lowest BCUT2D eigenvalue weighted by Crippen LogP contribution is -2.26. The average molecular weight is 391 g/mol. The van der Waals surface area contributed by atoms with Gasteiger partial charge in [-0.3, -0.25) is 0 Å². The number of methoxy groups -OCH3 is 1. The monoisotopic (exact) mass is 391 g/mol. The van der Waals surface area contributed by atoms with E-state index >= 15 is 0 Å². The summed E-state index contributed by atoms with van der Waals surface area (Å²) in [5, 5.41) is 1.02. The van der Waals surface area contributed by atoms with Crippen LogP contribution in [0.5, 0.6) is 0 Å². The number of nitrogens with one attached hydrogen (secondary N) is 2. The molecule has 146 valence electrons. The SMILES string of the molecule is COC[C@H]1CC[C@H](n2c(CNS(C)(=O)=O)nc3cnc4[nH]ccc4c32)CC1. The second kappa shape index (κ2) is 7.21. The molecular formula is C18H25N5O3S. The van der Waals surface area contributed by atoms with Gasteiger partial charge in [0.1, 0.15) is 17.0 Å². The molecule has 3 aromatic heterocycles. The fourth-order valence-corrected chi connectivity index (χ4v) is 4.55. The highest BCUT2D eigenvalue weighted by atomic mass is 32.2. The van der Waals surface area contributed by atoms with Gasteiger partial charge < -0.3 is 14.3 Å². The molecule has 2 N–H and O–H groups in total. The highest BCUT2D eigenvalue weighted by Crippen LogP contribution is 2.37. The lowest BCUT2D eigenvalue weighted by atomic mass is 9.86. The molecule has 3 aromatic rings. The van der Waals surface area contributed by atoms with Crippen molar-refractivity contribution in [3.8, 4) is 0 Å². The van der Waals surface area contributed by atoms with Crippen molar-refractivity contribution < 1.29 is 13.2 Å². The predicted molar refractivity (Wildman–Crippen MR) is 104 cm³/mol. The largest absolute Gasteiger partial charge is 0.384 e. The van der Waals surface area contributed by atoms with Gasteiger partial charge in [0.05, 0.1) is 24.5 Å². The molecule has 8 nitrogen and oxygen atoms in total. The second-order valence-electron chi connectivity index (χ2n) is 7.35. The average Bonchev–Trinajstić information content (AvgIpc) is 3.24. The fourth-order valence-electron chi connectivity index (χ4n) is 4.16. The van der Waals surface area contributed by atoms with Gasteiger partial charge >= 0.3 is 0 Å². The maximum Gasteiger partial charge on any atom is 0.209 e. The third-order valence-corrected chi connectivity index (χ3v) is 6.05. The lowest BCUT2D eigenvalue weighted by molar-refractivity contribution is 0.120. The molecule has 0 aliphatic heterocycles. The highest BCUT2D eigenvalue weighted by Gasteiger charge is 2.27. The van der Waals surface area contributed by atoms with Crippen LogP contribution in [0.15, 0.2) is 18.5 Å². The Hall–Kier alpha value is -1.97. The third-order valence-electron chi connectivity index (χ3n) is 5.38. The van der Waals surface area contributed by atoms with Gasteiger partial charge in [-0.05, 0) is 37.7 Å². The summed E-state index contributed by atoms with van der Waals surface area (Å²) in [6, 6.07) is 2.30. The predicted octanol–water partition coefficient (Wildman–Crippen LogP) is 2.34. The Morgan fingerprint density at radius 1 is 1.33 bits per heavy atom. The molecule has 27 heavy (non-hydrogen) atoms. The van der Waals surface area contributed by atoms with E-state index in [1.165, 1.54) is 6.26 Å². The van der Waals surface area contributed by atoms with Gasteiger partial charge in [0.2, 0.25) is 10.0 Å². The molecule has 1 fully saturated rings. The number of nitrogens with zero attached hydrogens (tertiary/aromatic N) is 3. The van der Waals surface area contributed by atoms with Gasteiger partial charge in [-0.15, -0.1) is 0 Å². The van der Waals surface area contributed by atoms with Crippen LogP contribution in [0.25, 0.3) is 22.1 Å². The minimum absolute atomic E-state index is 0.178. The molecule has 0 atom stereocenters. The number of rotatable bonds is 6. The number of ether oxygens (including phenoxy) is 1. The molecule has 0 bridgehead atoms. The van der Waals surface area contributed by atoms with Crippen molar-refractivity contribution in [2.75, 3.05) is 20.0 Å². The molecule has 1 aliphatic carbocycles. The molecule has 3 heterocycles. The second-order valence-corrected chi connectivity index (χ2v) is 9.19. The molecule has 4 rings (SSSR count). The molecule has 0 aromatic carbocycles. The van der Waals surface area contributed by atoms with Crippen molar-refractivity contribution in [2.45, 2.75) is 38.3 Å². The van der Waals surface area contributed by atoms with Crippen LogP contribution in [0.4, 0.5) is 0 Å². The number of sulfonamides is 1. The number of imidazole rings is 1. The van der Waals surface area contributed by atoms with Crippen molar-refractivity contribution in [2.24, 2.45) is 5.92 Å². The summed E-state index contributed by atoms with van der Waals surface area (Å²) in [4.78, 5) is 12.3. The first kappa shape index (κ1) is 18.4. The van der Waals surface area contributed by atoms with E-state index in [1.807, 2.05) is 12.3 Å². The lowest BCUT2D eigenvalue weighted by Gasteiger charge is -2.30. The van der Waals surface area contributed by atoms with Crippen LogP contribution in [0.2, 0.25) is 0 Å². The van der Waals surface area contributed by atoms with Crippen LogP contribution in [0.3, 0.4) is 0 Å². The molecule has 0 unspecified atom stereocenters.